The summed E-state index contributed by atoms with van der Waals surface area (Å²) in [6.45, 7) is 4.73. The molecule has 1 heterocycles. The molecule has 1 saturated heterocycles. The van der Waals surface area contributed by atoms with E-state index in [0.29, 0.717) is 26.2 Å². The van der Waals surface area contributed by atoms with Crippen molar-refractivity contribution < 1.29 is 9.13 Å². The highest BCUT2D eigenvalue weighted by Gasteiger charge is 2.25. The summed E-state index contributed by atoms with van der Waals surface area (Å²) in [5.74, 6) is -0.152. The minimum atomic E-state index is -0.152. The summed E-state index contributed by atoms with van der Waals surface area (Å²) in [7, 11) is 0. The van der Waals surface area contributed by atoms with Gasteiger partial charge in [-0.25, -0.2) is 4.39 Å². The van der Waals surface area contributed by atoms with Crippen LogP contribution in [0.1, 0.15) is 18.9 Å². The monoisotopic (exact) mass is 252 g/mol. The SMILES string of the molecule is CCC1COCCN1c1c(F)cccc1CCN. The quantitative estimate of drug-likeness (QED) is 0.890. The number of nitrogens with zero attached hydrogens (tertiary/aromatic N) is 1. The van der Waals surface area contributed by atoms with Crippen LogP contribution in [0.2, 0.25) is 0 Å². The lowest BCUT2D eigenvalue weighted by molar-refractivity contribution is 0.0925. The Balaban J connectivity index is 2.35. The van der Waals surface area contributed by atoms with Crippen LogP contribution in [0.25, 0.3) is 0 Å². The Bertz CT molecular complexity index is 397. The van der Waals surface area contributed by atoms with E-state index in [1.165, 1.54) is 6.07 Å². The van der Waals surface area contributed by atoms with Gasteiger partial charge in [-0.05, 0) is 31.0 Å². The average molecular weight is 252 g/mol. The Morgan fingerprint density at radius 2 is 2.33 bits per heavy atom. The molecular formula is C14H21FN2O. The van der Waals surface area contributed by atoms with Crippen LogP contribution < -0.4 is 10.6 Å². The van der Waals surface area contributed by atoms with Gasteiger partial charge in [0.25, 0.3) is 0 Å². The fourth-order valence-electron chi connectivity index (χ4n) is 2.53. The molecule has 0 spiro atoms. The summed E-state index contributed by atoms with van der Waals surface area (Å²) in [6.07, 6.45) is 1.66. The highest BCUT2D eigenvalue weighted by molar-refractivity contribution is 5.56. The first-order valence-electron chi connectivity index (χ1n) is 6.59. The second-order valence-electron chi connectivity index (χ2n) is 4.62. The molecule has 2 N–H and O–H groups in total. The van der Waals surface area contributed by atoms with Crippen molar-refractivity contribution in [2.75, 3.05) is 31.2 Å². The molecule has 2 rings (SSSR count). The fraction of sp³-hybridized carbons (Fsp3) is 0.571. The van der Waals surface area contributed by atoms with E-state index in [0.717, 1.165) is 24.2 Å². The molecule has 1 fully saturated rings. The molecule has 0 bridgehead atoms. The minimum Gasteiger partial charge on any atom is -0.377 e. The van der Waals surface area contributed by atoms with Gasteiger partial charge in [-0.15, -0.1) is 0 Å². The van der Waals surface area contributed by atoms with Gasteiger partial charge in [0.1, 0.15) is 5.82 Å². The van der Waals surface area contributed by atoms with Crippen LogP contribution in [-0.2, 0) is 11.2 Å². The van der Waals surface area contributed by atoms with Gasteiger partial charge in [-0.3, -0.25) is 0 Å². The van der Waals surface area contributed by atoms with Gasteiger partial charge in [0.05, 0.1) is 24.9 Å². The smallest absolute Gasteiger partial charge is 0.146 e. The number of anilines is 1. The predicted octanol–water partition coefficient (Wildman–Crippen LogP) is 1.94. The van der Waals surface area contributed by atoms with Crippen molar-refractivity contribution in [2.45, 2.75) is 25.8 Å². The second-order valence-corrected chi connectivity index (χ2v) is 4.62. The third kappa shape index (κ3) is 2.65. The van der Waals surface area contributed by atoms with Gasteiger partial charge in [0, 0.05) is 6.54 Å². The number of hydrogen-bond donors (Lipinski definition) is 1. The minimum absolute atomic E-state index is 0.152. The van der Waals surface area contributed by atoms with Crippen LogP contribution in [0.3, 0.4) is 0 Å². The maximum atomic E-state index is 14.1. The third-order valence-corrected chi connectivity index (χ3v) is 3.47. The van der Waals surface area contributed by atoms with Crippen LogP contribution in [0.15, 0.2) is 18.2 Å². The highest BCUT2D eigenvalue weighted by Crippen LogP contribution is 2.28. The van der Waals surface area contributed by atoms with Crippen molar-refractivity contribution in [2.24, 2.45) is 5.73 Å². The molecule has 0 saturated carbocycles. The van der Waals surface area contributed by atoms with Crippen molar-refractivity contribution in [3.63, 3.8) is 0 Å². The number of ether oxygens (including phenoxy) is 1. The second kappa shape index (κ2) is 6.16. The zero-order chi connectivity index (χ0) is 13.0. The van der Waals surface area contributed by atoms with Crippen LogP contribution in [-0.4, -0.2) is 32.3 Å². The Labute approximate surface area is 108 Å². The summed E-state index contributed by atoms with van der Waals surface area (Å²) >= 11 is 0. The number of rotatable bonds is 4. The molecule has 4 heteroatoms. The van der Waals surface area contributed by atoms with E-state index in [9.17, 15) is 4.39 Å². The molecule has 1 atom stereocenters. The van der Waals surface area contributed by atoms with Crippen molar-refractivity contribution in [1.82, 2.24) is 0 Å². The van der Waals surface area contributed by atoms with Gasteiger partial charge in [-0.2, -0.15) is 0 Å². The number of nitrogens with two attached hydrogens (primary N) is 1. The lowest BCUT2D eigenvalue weighted by Crippen LogP contribution is -2.46. The molecule has 0 radical (unpaired) electrons. The molecule has 0 aromatic heterocycles. The van der Waals surface area contributed by atoms with E-state index in [-0.39, 0.29) is 11.9 Å². The fourth-order valence-corrected chi connectivity index (χ4v) is 2.53. The van der Waals surface area contributed by atoms with E-state index >= 15 is 0 Å². The average Bonchev–Trinajstić information content (AvgIpc) is 2.39. The summed E-state index contributed by atoms with van der Waals surface area (Å²) in [4.78, 5) is 2.14. The van der Waals surface area contributed by atoms with E-state index in [4.69, 9.17) is 10.5 Å². The van der Waals surface area contributed by atoms with Crippen molar-refractivity contribution in [3.05, 3.63) is 29.6 Å². The van der Waals surface area contributed by atoms with Crippen LogP contribution in [0.4, 0.5) is 10.1 Å². The lowest BCUT2D eigenvalue weighted by Gasteiger charge is -2.38. The number of para-hydroxylation sites is 1. The maximum absolute atomic E-state index is 14.1. The maximum Gasteiger partial charge on any atom is 0.146 e. The Morgan fingerprint density at radius 1 is 1.50 bits per heavy atom. The summed E-state index contributed by atoms with van der Waals surface area (Å²) < 4.78 is 19.6. The Kier molecular flexibility index (Phi) is 4.55. The molecule has 100 valence electrons. The molecule has 1 unspecified atom stereocenters. The van der Waals surface area contributed by atoms with E-state index in [1.807, 2.05) is 6.07 Å². The van der Waals surface area contributed by atoms with Crippen LogP contribution >= 0.6 is 0 Å². The molecular weight excluding hydrogens is 231 g/mol. The number of benzene rings is 1. The summed E-state index contributed by atoms with van der Waals surface area (Å²) in [5, 5.41) is 0. The first kappa shape index (κ1) is 13.3. The Hall–Kier alpha value is -1.13. The summed E-state index contributed by atoms with van der Waals surface area (Å²) in [5.41, 5.74) is 7.33. The van der Waals surface area contributed by atoms with Gasteiger partial charge in [0.15, 0.2) is 0 Å². The van der Waals surface area contributed by atoms with E-state index in [2.05, 4.69) is 11.8 Å². The standard InChI is InChI=1S/C14H21FN2O/c1-2-12-10-18-9-8-17(12)14-11(6-7-16)4-3-5-13(14)15/h3-5,12H,2,6-10,16H2,1H3. The molecule has 1 aromatic carbocycles. The number of morpholine rings is 1. The topological polar surface area (TPSA) is 38.5 Å². The molecule has 1 aromatic rings. The zero-order valence-corrected chi connectivity index (χ0v) is 10.9. The van der Waals surface area contributed by atoms with Gasteiger partial charge < -0.3 is 15.4 Å². The first-order chi connectivity index (χ1) is 8.77. The number of halogens is 1. The van der Waals surface area contributed by atoms with Gasteiger partial charge >= 0.3 is 0 Å². The van der Waals surface area contributed by atoms with Gasteiger partial charge in [0.2, 0.25) is 0 Å². The molecule has 1 aliphatic heterocycles. The molecule has 18 heavy (non-hydrogen) atoms. The van der Waals surface area contributed by atoms with Crippen molar-refractivity contribution >= 4 is 5.69 Å². The van der Waals surface area contributed by atoms with Crippen molar-refractivity contribution in [1.29, 1.82) is 0 Å². The molecule has 3 nitrogen and oxygen atoms in total. The van der Waals surface area contributed by atoms with Crippen molar-refractivity contribution in [3.8, 4) is 0 Å². The molecule has 0 aliphatic carbocycles. The van der Waals surface area contributed by atoms with Crippen LogP contribution in [0.5, 0.6) is 0 Å². The Morgan fingerprint density at radius 3 is 3.06 bits per heavy atom. The van der Waals surface area contributed by atoms with E-state index in [1.54, 1.807) is 6.07 Å². The normalized spacial score (nSPS) is 20.2. The molecule has 0 amide bonds. The predicted molar refractivity (Wildman–Crippen MR) is 71.4 cm³/mol. The number of hydrogen-bond acceptors (Lipinski definition) is 3. The largest absolute Gasteiger partial charge is 0.377 e. The summed E-state index contributed by atoms with van der Waals surface area (Å²) in [6, 6.07) is 5.50. The lowest BCUT2D eigenvalue weighted by atomic mass is 10.0. The highest BCUT2D eigenvalue weighted by atomic mass is 19.1. The third-order valence-electron chi connectivity index (χ3n) is 3.47. The van der Waals surface area contributed by atoms with E-state index < -0.39 is 0 Å². The molecule has 1 aliphatic rings. The van der Waals surface area contributed by atoms with Gasteiger partial charge in [-0.1, -0.05) is 19.1 Å². The first-order valence-corrected chi connectivity index (χ1v) is 6.59. The van der Waals surface area contributed by atoms with Crippen LogP contribution in [0, 0.1) is 5.82 Å². The zero-order valence-electron chi connectivity index (χ0n) is 10.9.